The van der Waals surface area contributed by atoms with Crippen molar-refractivity contribution in [2.75, 3.05) is 33.5 Å². The first kappa shape index (κ1) is 43.9. The predicted molar refractivity (Wildman–Crippen MR) is 200 cm³/mol. The summed E-state index contributed by atoms with van der Waals surface area (Å²) in [6.45, 7) is 7.45. The Morgan fingerprint density at radius 1 is 0.413 bits per heavy atom. The first-order chi connectivity index (χ1) is 22.8. The van der Waals surface area contributed by atoms with Crippen LogP contribution in [0.2, 0.25) is 0 Å². The zero-order valence-corrected chi connectivity index (χ0v) is 31.8. The third-order valence-corrected chi connectivity index (χ3v) is 10.2. The van der Waals surface area contributed by atoms with Crippen LogP contribution in [0.3, 0.4) is 0 Å². The van der Waals surface area contributed by atoms with Gasteiger partial charge >= 0.3 is 0 Å². The maximum absolute atomic E-state index is 6.35. The number of hydrogen-bond acceptors (Lipinski definition) is 4. The number of rotatable bonds is 38. The van der Waals surface area contributed by atoms with E-state index in [1.807, 2.05) is 0 Å². The fourth-order valence-corrected chi connectivity index (χ4v) is 7.07. The monoisotopic (exact) mass is 653 g/mol. The molecule has 0 saturated carbocycles. The summed E-state index contributed by atoms with van der Waals surface area (Å²) in [5.41, 5.74) is 0. The molecule has 46 heavy (non-hydrogen) atoms. The van der Waals surface area contributed by atoms with Crippen molar-refractivity contribution in [2.24, 2.45) is 0 Å². The molecule has 0 radical (unpaired) electrons. The van der Waals surface area contributed by atoms with Gasteiger partial charge in [0, 0.05) is 20.3 Å². The number of hydrogen-bond donors (Lipinski definition) is 0. The molecule has 0 aromatic carbocycles. The number of methoxy groups -OCH3 is 1. The highest BCUT2D eigenvalue weighted by Crippen LogP contribution is 2.23. The van der Waals surface area contributed by atoms with Crippen LogP contribution in [0.15, 0.2) is 0 Å². The van der Waals surface area contributed by atoms with E-state index in [0.717, 1.165) is 26.1 Å². The molecular formula is C42H84O4. The molecule has 0 aromatic rings. The lowest BCUT2D eigenvalue weighted by atomic mass is 10.0. The van der Waals surface area contributed by atoms with E-state index in [4.69, 9.17) is 18.9 Å². The summed E-state index contributed by atoms with van der Waals surface area (Å²) in [6.07, 6.45) is 44.7. The van der Waals surface area contributed by atoms with Crippen LogP contribution in [0.1, 0.15) is 219 Å². The van der Waals surface area contributed by atoms with Gasteiger partial charge in [-0.15, -0.1) is 0 Å². The molecule has 4 nitrogen and oxygen atoms in total. The van der Waals surface area contributed by atoms with Crippen LogP contribution in [0, 0.1) is 0 Å². The molecule has 3 atom stereocenters. The summed E-state index contributed by atoms with van der Waals surface area (Å²) in [5.74, 6) is 0. The lowest BCUT2D eigenvalue weighted by Gasteiger charge is -2.23. The second-order valence-electron chi connectivity index (χ2n) is 14.7. The Morgan fingerprint density at radius 2 is 0.717 bits per heavy atom. The fourth-order valence-electron chi connectivity index (χ4n) is 7.07. The van der Waals surface area contributed by atoms with Gasteiger partial charge in [-0.3, -0.25) is 0 Å². The summed E-state index contributed by atoms with van der Waals surface area (Å²) in [6, 6.07) is 0. The van der Waals surface area contributed by atoms with Crippen molar-refractivity contribution in [1.29, 1.82) is 0 Å². The minimum absolute atomic E-state index is 0.00172. The van der Waals surface area contributed by atoms with Gasteiger partial charge in [-0.25, -0.2) is 0 Å². The number of unbranched alkanes of at least 4 members (excludes halogenated alkanes) is 30. The molecule has 3 unspecified atom stereocenters. The lowest BCUT2D eigenvalue weighted by molar-refractivity contribution is -0.0755. The van der Waals surface area contributed by atoms with Crippen molar-refractivity contribution in [1.82, 2.24) is 0 Å². The van der Waals surface area contributed by atoms with Crippen LogP contribution in [-0.2, 0) is 18.9 Å². The Kier molecular flexibility index (Phi) is 34.4. The molecule has 0 bridgehead atoms. The van der Waals surface area contributed by atoms with Gasteiger partial charge in [-0.2, -0.15) is 0 Å². The van der Waals surface area contributed by atoms with Gasteiger partial charge < -0.3 is 18.9 Å². The highest BCUT2D eigenvalue weighted by Gasteiger charge is 2.38. The zero-order chi connectivity index (χ0) is 33.0. The van der Waals surface area contributed by atoms with Gasteiger partial charge in [-0.05, 0) is 12.8 Å². The van der Waals surface area contributed by atoms with E-state index >= 15 is 0 Å². The molecule has 1 aliphatic heterocycles. The maximum Gasteiger partial charge on any atom is 0.114 e. The van der Waals surface area contributed by atoms with Crippen molar-refractivity contribution in [3.63, 3.8) is 0 Å². The van der Waals surface area contributed by atoms with Crippen LogP contribution in [0.25, 0.3) is 0 Å². The molecule has 0 amide bonds. The van der Waals surface area contributed by atoms with Crippen LogP contribution in [-0.4, -0.2) is 51.8 Å². The van der Waals surface area contributed by atoms with Crippen molar-refractivity contribution < 1.29 is 18.9 Å². The molecule has 4 heteroatoms. The average molecular weight is 653 g/mol. The topological polar surface area (TPSA) is 36.9 Å². The quantitative estimate of drug-likeness (QED) is 0.0622. The normalized spacial score (nSPS) is 18.2. The molecule has 0 spiro atoms. The van der Waals surface area contributed by atoms with E-state index in [9.17, 15) is 0 Å². The molecule has 0 aromatic heterocycles. The third kappa shape index (κ3) is 27.8. The van der Waals surface area contributed by atoms with Crippen molar-refractivity contribution in [3.05, 3.63) is 0 Å². The third-order valence-electron chi connectivity index (χ3n) is 10.2. The van der Waals surface area contributed by atoms with E-state index in [-0.39, 0.29) is 18.3 Å². The molecule has 276 valence electrons. The summed E-state index contributed by atoms with van der Waals surface area (Å²) in [7, 11) is 1.75. The minimum Gasteiger partial charge on any atom is -0.382 e. The molecule has 0 N–H and O–H groups in total. The summed E-state index contributed by atoms with van der Waals surface area (Å²) < 4.78 is 24.1. The number of ether oxygens (including phenoxy) is 4. The van der Waals surface area contributed by atoms with Crippen molar-refractivity contribution in [2.45, 2.75) is 238 Å². The summed E-state index contributed by atoms with van der Waals surface area (Å²) in [4.78, 5) is 0. The smallest absolute Gasteiger partial charge is 0.114 e. The van der Waals surface area contributed by atoms with E-state index in [0.29, 0.717) is 13.2 Å². The van der Waals surface area contributed by atoms with Gasteiger partial charge in [0.25, 0.3) is 0 Å². The second-order valence-corrected chi connectivity index (χ2v) is 14.7. The Bertz CT molecular complexity index is 570. The van der Waals surface area contributed by atoms with Gasteiger partial charge in [0.1, 0.15) is 18.3 Å². The van der Waals surface area contributed by atoms with Gasteiger partial charge in [0.15, 0.2) is 0 Å². The van der Waals surface area contributed by atoms with Crippen LogP contribution >= 0.6 is 0 Å². The fraction of sp³-hybridized carbons (Fsp3) is 1.00. The lowest BCUT2D eigenvalue weighted by Crippen LogP contribution is -2.37. The molecular weight excluding hydrogens is 568 g/mol. The molecule has 1 aliphatic rings. The molecule has 1 saturated heterocycles. The first-order valence-corrected chi connectivity index (χ1v) is 21.2. The standard InChI is InChI=1S/C42H84O4/c1-4-6-8-10-12-14-16-18-20-22-24-26-28-30-32-34-36-44-41-39-46-40(38-43-3)42(41)45-37-35-33-31-29-27-25-23-21-19-17-15-13-11-9-7-5-2/h40-42H,4-39H2,1-3H3. The van der Waals surface area contributed by atoms with E-state index in [2.05, 4.69) is 13.8 Å². The predicted octanol–water partition coefficient (Wildman–Crippen LogP) is 13.3. The van der Waals surface area contributed by atoms with Crippen LogP contribution in [0.4, 0.5) is 0 Å². The van der Waals surface area contributed by atoms with E-state index in [1.54, 1.807) is 7.11 Å². The molecule has 1 heterocycles. The maximum atomic E-state index is 6.35. The average Bonchev–Trinajstić information content (AvgIpc) is 3.44. The Hall–Kier alpha value is -0.160. The van der Waals surface area contributed by atoms with Gasteiger partial charge in [0.05, 0.1) is 13.2 Å². The van der Waals surface area contributed by atoms with Crippen molar-refractivity contribution in [3.8, 4) is 0 Å². The second kappa shape index (κ2) is 36.1. The molecule has 1 rings (SSSR count). The van der Waals surface area contributed by atoms with Crippen molar-refractivity contribution >= 4 is 0 Å². The highest BCUT2D eigenvalue weighted by molar-refractivity contribution is 4.86. The van der Waals surface area contributed by atoms with Crippen LogP contribution < -0.4 is 0 Å². The largest absolute Gasteiger partial charge is 0.382 e. The summed E-state index contributed by atoms with van der Waals surface area (Å²) in [5, 5.41) is 0. The highest BCUT2D eigenvalue weighted by atomic mass is 16.6. The van der Waals surface area contributed by atoms with Gasteiger partial charge in [-0.1, -0.05) is 206 Å². The van der Waals surface area contributed by atoms with Gasteiger partial charge in [0.2, 0.25) is 0 Å². The van der Waals surface area contributed by atoms with Crippen LogP contribution in [0.5, 0.6) is 0 Å². The molecule has 1 fully saturated rings. The Labute approximate surface area is 289 Å². The Balaban J connectivity index is 1.93. The first-order valence-electron chi connectivity index (χ1n) is 21.2. The Morgan fingerprint density at radius 3 is 1.04 bits per heavy atom. The zero-order valence-electron chi connectivity index (χ0n) is 31.8. The summed E-state index contributed by atoms with van der Waals surface area (Å²) >= 11 is 0. The minimum atomic E-state index is 0.00172. The van der Waals surface area contributed by atoms with E-state index in [1.165, 1.54) is 193 Å². The van der Waals surface area contributed by atoms with E-state index < -0.39 is 0 Å². The molecule has 0 aliphatic carbocycles. The SMILES string of the molecule is CCCCCCCCCCCCCCCCCCOC1COC(COC)C1OCCCCCCCCCCCCCCCCCC.